The van der Waals surface area contributed by atoms with Crippen molar-refractivity contribution in [2.45, 2.75) is 51.5 Å². The van der Waals surface area contributed by atoms with Crippen molar-refractivity contribution < 1.29 is 14.6 Å². The average Bonchev–Trinajstić information content (AvgIpc) is 2.73. The van der Waals surface area contributed by atoms with Crippen LogP contribution in [-0.2, 0) is 0 Å². The average molecular weight is 401 g/mol. The SMILES string of the molecule is CCC(=Nc1cc(OC)ccc1OC)c1c(O)n(C2CCCCC2)c(=O)[nH]c1=O. The number of benzene rings is 1. The molecule has 2 N–H and O–H groups in total. The number of aromatic hydroxyl groups is 1. The van der Waals surface area contributed by atoms with Gasteiger partial charge >= 0.3 is 5.69 Å². The van der Waals surface area contributed by atoms with Gasteiger partial charge in [0.15, 0.2) is 0 Å². The first-order chi connectivity index (χ1) is 14.0. The Balaban J connectivity index is 2.16. The summed E-state index contributed by atoms with van der Waals surface area (Å²) in [4.78, 5) is 32.0. The summed E-state index contributed by atoms with van der Waals surface area (Å²) in [5, 5.41) is 10.9. The Morgan fingerprint density at radius 3 is 2.55 bits per heavy atom. The van der Waals surface area contributed by atoms with Gasteiger partial charge in [-0.25, -0.2) is 9.79 Å². The number of nitrogens with one attached hydrogen (secondary N) is 1. The fraction of sp³-hybridized carbons (Fsp3) is 0.476. The third-order valence-corrected chi connectivity index (χ3v) is 5.32. The lowest BCUT2D eigenvalue weighted by atomic mass is 9.95. The molecule has 0 atom stereocenters. The van der Waals surface area contributed by atoms with Crippen molar-refractivity contribution in [3.05, 3.63) is 44.6 Å². The third kappa shape index (κ3) is 4.21. The quantitative estimate of drug-likeness (QED) is 0.723. The van der Waals surface area contributed by atoms with Crippen LogP contribution in [0.5, 0.6) is 17.4 Å². The summed E-state index contributed by atoms with van der Waals surface area (Å²) < 4.78 is 11.9. The number of hydrogen-bond acceptors (Lipinski definition) is 6. The van der Waals surface area contributed by atoms with Crippen LogP contribution < -0.4 is 20.7 Å². The highest BCUT2D eigenvalue weighted by atomic mass is 16.5. The maximum absolute atomic E-state index is 12.6. The van der Waals surface area contributed by atoms with Gasteiger partial charge in [0, 0.05) is 12.1 Å². The van der Waals surface area contributed by atoms with Crippen molar-refractivity contribution in [2.24, 2.45) is 4.99 Å². The zero-order valence-corrected chi connectivity index (χ0v) is 17.0. The topological polar surface area (TPSA) is 106 Å². The molecule has 1 aromatic heterocycles. The first-order valence-electron chi connectivity index (χ1n) is 9.87. The number of rotatable bonds is 6. The smallest absolute Gasteiger partial charge is 0.331 e. The van der Waals surface area contributed by atoms with E-state index in [4.69, 9.17) is 9.47 Å². The summed E-state index contributed by atoms with van der Waals surface area (Å²) in [7, 11) is 3.08. The largest absolute Gasteiger partial charge is 0.497 e. The number of aliphatic imine (C=N–C) groups is 1. The van der Waals surface area contributed by atoms with E-state index in [1.54, 1.807) is 25.3 Å². The van der Waals surface area contributed by atoms with E-state index in [1.807, 2.05) is 6.92 Å². The van der Waals surface area contributed by atoms with Gasteiger partial charge in [0.2, 0.25) is 5.88 Å². The van der Waals surface area contributed by atoms with Gasteiger partial charge in [0.05, 0.1) is 19.9 Å². The summed E-state index contributed by atoms with van der Waals surface area (Å²) in [6, 6.07) is 5.03. The highest BCUT2D eigenvalue weighted by Crippen LogP contribution is 2.34. The summed E-state index contributed by atoms with van der Waals surface area (Å²) >= 11 is 0. The van der Waals surface area contributed by atoms with Crippen LogP contribution in [0.3, 0.4) is 0 Å². The summed E-state index contributed by atoms with van der Waals surface area (Å²) in [6.07, 6.45) is 5.05. The number of H-pyrrole nitrogens is 1. The predicted octanol–water partition coefficient (Wildman–Crippen LogP) is 3.30. The lowest BCUT2D eigenvalue weighted by Crippen LogP contribution is -2.36. The first kappa shape index (κ1) is 20.7. The molecule has 2 aromatic rings. The van der Waals surface area contributed by atoms with Gasteiger partial charge < -0.3 is 14.6 Å². The number of aromatic amines is 1. The fourth-order valence-corrected chi connectivity index (χ4v) is 3.82. The van der Waals surface area contributed by atoms with Crippen LogP contribution in [-0.4, -0.2) is 34.6 Å². The standard InChI is InChI=1S/C21H27N3O5/c1-4-15(22-16-12-14(28-2)10-11-17(16)29-3)18-19(25)23-21(27)24(20(18)26)13-8-6-5-7-9-13/h10-13,26H,4-9H2,1-3H3,(H,23,25,27). The van der Waals surface area contributed by atoms with Crippen LogP contribution in [0.1, 0.15) is 57.1 Å². The minimum atomic E-state index is -0.651. The van der Waals surface area contributed by atoms with E-state index >= 15 is 0 Å². The predicted molar refractivity (Wildman–Crippen MR) is 111 cm³/mol. The van der Waals surface area contributed by atoms with E-state index in [2.05, 4.69) is 9.98 Å². The number of aromatic nitrogens is 2. The van der Waals surface area contributed by atoms with Crippen molar-refractivity contribution in [1.82, 2.24) is 9.55 Å². The molecular formula is C21H27N3O5. The maximum atomic E-state index is 12.6. The highest BCUT2D eigenvalue weighted by Gasteiger charge is 2.25. The van der Waals surface area contributed by atoms with Crippen molar-refractivity contribution in [2.75, 3.05) is 14.2 Å². The molecule has 1 heterocycles. The molecule has 8 nitrogen and oxygen atoms in total. The van der Waals surface area contributed by atoms with Crippen LogP contribution in [0.2, 0.25) is 0 Å². The van der Waals surface area contributed by atoms with Gasteiger partial charge in [-0.2, -0.15) is 0 Å². The Morgan fingerprint density at radius 1 is 1.21 bits per heavy atom. The second-order valence-electron chi connectivity index (χ2n) is 7.07. The molecule has 0 saturated heterocycles. The molecule has 0 aliphatic heterocycles. The van der Waals surface area contributed by atoms with Crippen molar-refractivity contribution in [3.8, 4) is 17.4 Å². The Labute approximate surface area is 168 Å². The maximum Gasteiger partial charge on any atom is 0.331 e. The normalized spacial score (nSPS) is 15.3. The van der Waals surface area contributed by atoms with Crippen LogP contribution in [0.4, 0.5) is 5.69 Å². The second-order valence-corrected chi connectivity index (χ2v) is 7.07. The summed E-state index contributed by atoms with van der Waals surface area (Å²) in [6.45, 7) is 1.83. The highest BCUT2D eigenvalue weighted by molar-refractivity contribution is 6.03. The number of hydrogen-bond donors (Lipinski definition) is 2. The van der Waals surface area contributed by atoms with Crippen LogP contribution in [0.25, 0.3) is 0 Å². The molecular weight excluding hydrogens is 374 g/mol. The van der Waals surface area contributed by atoms with E-state index in [9.17, 15) is 14.7 Å². The molecule has 8 heteroatoms. The van der Waals surface area contributed by atoms with Gasteiger partial charge in [-0.15, -0.1) is 0 Å². The molecule has 0 amide bonds. The minimum Gasteiger partial charge on any atom is -0.497 e. The van der Waals surface area contributed by atoms with E-state index in [-0.39, 0.29) is 17.5 Å². The van der Waals surface area contributed by atoms with Crippen LogP contribution in [0, 0.1) is 0 Å². The van der Waals surface area contributed by atoms with Crippen molar-refractivity contribution >= 4 is 11.4 Å². The molecule has 1 aromatic carbocycles. The molecule has 0 bridgehead atoms. The number of methoxy groups -OCH3 is 2. The molecule has 3 rings (SSSR count). The molecule has 1 saturated carbocycles. The van der Waals surface area contributed by atoms with E-state index in [0.717, 1.165) is 32.1 Å². The molecule has 0 radical (unpaired) electrons. The third-order valence-electron chi connectivity index (χ3n) is 5.32. The molecule has 1 aliphatic carbocycles. The van der Waals surface area contributed by atoms with Crippen molar-refractivity contribution in [1.29, 1.82) is 0 Å². The zero-order valence-electron chi connectivity index (χ0n) is 17.0. The lowest BCUT2D eigenvalue weighted by molar-refractivity contribution is 0.298. The van der Waals surface area contributed by atoms with Crippen LogP contribution >= 0.6 is 0 Å². The fourth-order valence-electron chi connectivity index (χ4n) is 3.82. The molecule has 0 spiro atoms. The van der Waals surface area contributed by atoms with Gasteiger partial charge in [-0.1, -0.05) is 26.2 Å². The molecule has 1 aliphatic rings. The van der Waals surface area contributed by atoms with Gasteiger partial charge in [0.1, 0.15) is 22.7 Å². The van der Waals surface area contributed by atoms with Gasteiger partial charge in [-0.3, -0.25) is 14.3 Å². The first-order valence-corrected chi connectivity index (χ1v) is 9.87. The molecule has 156 valence electrons. The minimum absolute atomic E-state index is 0.0162. The monoisotopic (exact) mass is 401 g/mol. The number of ether oxygens (including phenoxy) is 2. The Hall–Kier alpha value is -3.03. The van der Waals surface area contributed by atoms with E-state index in [1.165, 1.54) is 11.7 Å². The second kappa shape index (κ2) is 8.98. The summed E-state index contributed by atoms with van der Waals surface area (Å²) in [5.41, 5.74) is -0.389. The molecule has 1 fully saturated rings. The van der Waals surface area contributed by atoms with Gasteiger partial charge in [0.25, 0.3) is 5.56 Å². The summed E-state index contributed by atoms with van der Waals surface area (Å²) in [5.74, 6) is 0.770. The number of nitrogens with zero attached hydrogens (tertiary/aromatic N) is 2. The Morgan fingerprint density at radius 2 is 1.93 bits per heavy atom. The Kier molecular flexibility index (Phi) is 6.41. The zero-order chi connectivity index (χ0) is 21.0. The molecule has 0 unspecified atom stereocenters. The van der Waals surface area contributed by atoms with E-state index in [0.29, 0.717) is 29.3 Å². The van der Waals surface area contributed by atoms with Crippen LogP contribution in [0.15, 0.2) is 32.8 Å². The van der Waals surface area contributed by atoms with Crippen molar-refractivity contribution in [3.63, 3.8) is 0 Å². The van der Waals surface area contributed by atoms with Gasteiger partial charge in [-0.05, 0) is 31.4 Å². The Bertz CT molecular complexity index is 1020. The molecule has 29 heavy (non-hydrogen) atoms. The lowest BCUT2D eigenvalue weighted by Gasteiger charge is -2.25. The van der Waals surface area contributed by atoms with E-state index < -0.39 is 11.2 Å².